The number of benzene rings is 1. The first-order valence-electron chi connectivity index (χ1n) is 4.30. The summed E-state index contributed by atoms with van der Waals surface area (Å²) in [6, 6.07) is 4.06. The van der Waals surface area contributed by atoms with Crippen molar-refractivity contribution in [3.8, 4) is 0 Å². The van der Waals surface area contributed by atoms with Gasteiger partial charge in [0.1, 0.15) is 0 Å². The van der Waals surface area contributed by atoms with Gasteiger partial charge in [0.2, 0.25) is 5.91 Å². The minimum Gasteiger partial charge on any atom is -0.377 e. The van der Waals surface area contributed by atoms with E-state index >= 15 is 0 Å². The van der Waals surface area contributed by atoms with Gasteiger partial charge in [0.15, 0.2) is 0 Å². The van der Waals surface area contributed by atoms with E-state index in [1.165, 1.54) is 6.07 Å². The van der Waals surface area contributed by atoms with Crippen molar-refractivity contribution in [1.29, 1.82) is 0 Å². The van der Waals surface area contributed by atoms with Crippen molar-refractivity contribution in [2.75, 3.05) is 5.32 Å². The van der Waals surface area contributed by atoms with Gasteiger partial charge in [-0.1, -0.05) is 6.92 Å². The van der Waals surface area contributed by atoms with Gasteiger partial charge in [0.25, 0.3) is 0 Å². The molecule has 0 fully saturated rings. The molecular weight excluding hydrogens is 236 g/mol. The van der Waals surface area contributed by atoms with Crippen LogP contribution in [0.1, 0.15) is 19.8 Å². The Morgan fingerprint density at radius 2 is 2.13 bits per heavy atom. The average molecular weight is 246 g/mol. The van der Waals surface area contributed by atoms with Crippen LogP contribution in [-0.2, 0) is 26.5 Å². The predicted octanol–water partition coefficient (Wildman–Crippen LogP) is 2.50. The van der Waals surface area contributed by atoms with Gasteiger partial charge in [0.05, 0.1) is 0 Å². The second-order valence-electron chi connectivity index (χ2n) is 2.83. The third-order valence-corrected chi connectivity index (χ3v) is 1.61. The molecule has 0 radical (unpaired) electrons. The smallest absolute Gasteiger partial charge is 0.213 e. The molecule has 1 N–H and O–H groups in total. The number of carbonyl (C=O) groups excluding carboxylic acids is 1. The first-order chi connectivity index (χ1) is 6.63. The molecule has 1 rings (SSSR count). The Labute approximate surface area is 102 Å². The van der Waals surface area contributed by atoms with Crippen molar-refractivity contribution < 1.29 is 35.3 Å². The van der Waals surface area contributed by atoms with Gasteiger partial charge < -0.3 is 5.32 Å². The van der Waals surface area contributed by atoms with Gasteiger partial charge in [-0.2, -0.15) is 0 Å². The average Bonchev–Trinajstić information content (AvgIpc) is 2.10. The third-order valence-electron chi connectivity index (χ3n) is 1.61. The van der Waals surface area contributed by atoms with Crippen molar-refractivity contribution in [2.24, 2.45) is 0 Å². The largest absolute Gasteiger partial charge is 0.377 e. The molecule has 0 heterocycles. The van der Waals surface area contributed by atoms with Gasteiger partial charge >= 0.3 is 0 Å². The second kappa shape index (κ2) is 6.69. The first-order valence-corrected chi connectivity index (χ1v) is 4.30. The number of nitrogens with one attached hydrogen (secondary N) is 1. The zero-order valence-electron chi connectivity index (χ0n) is 8.23. The van der Waals surface area contributed by atoms with Crippen LogP contribution in [0.25, 0.3) is 0 Å². The summed E-state index contributed by atoms with van der Waals surface area (Å²) in [5.74, 6) is -1.95. The van der Waals surface area contributed by atoms with Crippen LogP contribution in [0.2, 0.25) is 0 Å². The molecule has 0 unspecified atom stereocenters. The Morgan fingerprint density at radius 1 is 1.47 bits per heavy atom. The maximum absolute atomic E-state index is 12.9. The number of anilines is 1. The quantitative estimate of drug-likeness (QED) is 0.644. The summed E-state index contributed by atoms with van der Waals surface area (Å²) in [4.78, 5) is 11.1. The zero-order chi connectivity index (χ0) is 10.6. The maximum atomic E-state index is 12.9. The van der Waals surface area contributed by atoms with Crippen LogP contribution in [0.3, 0.4) is 0 Å². The van der Waals surface area contributed by atoms with E-state index in [4.69, 9.17) is 0 Å². The van der Waals surface area contributed by atoms with E-state index in [1.807, 2.05) is 13.0 Å². The first kappa shape index (κ1) is 14.3. The predicted molar refractivity (Wildman–Crippen MR) is 48.7 cm³/mol. The summed E-state index contributed by atoms with van der Waals surface area (Å²) < 4.78 is 25.4. The van der Waals surface area contributed by atoms with E-state index in [9.17, 15) is 13.6 Å². The fourth-order valence-corrected chi connectivity index (χ4v) is 0.980. The summed E-state index contributed by atoms with van der Waals surface area (Å²) in [5.41, 5.74) is -0.0372. The standard InChI is InChI=1S/C10H10F2NO.Ti/c1-2-3-10(14)13-9-5-4-7(11)6-8(9)12;/h4-5H,2-3H2,1H3,(H,13,14);/q-1;. The molecule has 80 valence electrons. The molecule has 0 aliphatic rings. The maximum Gasteiger partial charge on any atom is 0.213 e. The number of amides is 1. The van der Waals surface area contributed by atoms with E-state index in [2.05, 4.69) is 5.32 Å². The summed E-state index contributed by atoms with van der Waals surface area (Å²) in [6.45, 7) is 1.84. The molecule has 1 aromatic rings. The molecule has 5 heteroatoms. The van der Waals surface area contributed by atoms with Gasteiger partial charge in [-0.05, 0) is 12.1 Å². The van der Waals surface area contributed by atoms with Crippen LogP contribution in [-0.4, -0.2) is 5.91 Å². The molecule has 0 bridgehead atoms. The van der Waals surface area contributed by atoms with Crippen molar-refractivity contribution in [2.45, 2.75) is 19.8 Å². The molecule has 2 nitrogen and oxygen atoms in total. The molecule has 0 saturated heterocycles. The molecule has 0 saturated carbocycles. The molecule has 0 aromatic heterocycles. The monoisotopic (exact) mass is 246 g/mol. The molecule has 0 aliphatic carbocycles. The summed E-state index contributed by atoms with van der Waals surface area (Å²) >= 11 is 0. The summed E-state index contributed by atoms with van der Waals surface area (Å²) in [7, 11) is 0. The minimum absolute atomic E-state index is 0. The Balaban J connectivity index is 0.00000196. The number of hydrogen-bond donors (Lipinski definition) is 1. The van der Waals surface area contributed by atoms with Crippen molar-refractivity contribution >= 4 is 11.6 Å². The Kier molecular flexibility index (Phi) is 6.37. The van der Waals surface area contributed by atoms with Gasteiger partial charge in [-0.3, -0.25) is 4.79 Å². The van der Waals surface area contributed by atoms with Crippen LogP contribution in [0, 0.1) is 17.7 Å². The normalized spacial score (nSPS) is 9.27. The fourth-order valence-electron chi connectivity index (χ4n) is 0.980. The second-order valence-corrected chi connectivity index (χ2v) is 2.83. The SMILES string of the molecule is CCCC(=O)Nc1ccc(F)[c-]c1F.[Ti]. The topological polar surface area (TPSA) is 29.1 Å². The number of rotatable bonds is 3. The third kappa shape index (κ3) is 4.54. The number of carbonyl (C=O) groups is 1. The molecule has 0 atom stereocenters. The van der Waals surface area contributed by atoms with Gasteiger partial charge in [0, 0.05) is 39.8 Å². The van der Waals surface area contributed by atoms with Crippen molar-refractivity contribution in [3.63, 3.8) is 0 Å². The van der Waals surface area contributed by atoms with Crippen LogP contribution in [0.4, 0.5) is 14.5 Å². The van der Waals surface area contributed by atoms with Crippen LogP contribution >= 0.6 is 0 Å². The van der Waals surface area contributed by atoms with Crippen molar-refractivity contribution in [3.05, 3.63) is 29.8 Å². The Hall–Kier alpha value is -0.736. The van der Waals surface area contributed by atoms with E-state index in [1.54, 1.807) is 0 Å². The van der Waals surface area contributed by atoms with Crippen molar-refractivity contribution in [1.82, 2.24) is 0 Å². The Bertz CT molecular complexity index is 344. The zero-order valence-corrected chi connectivity index (χ0v) is 9.79. The summed E-state index contributed by atoms with van der Waals surface area (Å²) in [6.07, 6.45) is 0.995. The molecule has 1 aromatic carbocycles. The minimum atomic E-state index is -0.880. The summed E-state index contributed by atoms with van der Waals surface area (Å²) in [5, 5.41) is 2.33. The van der Waals surface area contributed by atoms with E-state index in [0.29, 0.717) is 12.8 Å². The van der Waals surface area contributed by atoms with E-state index in [0.717, 1.165) is 6.07 Å². The van der Waals surface area contributed by atoms with Crippen LogP contribution in [0.5, 0.6) is 0 Å². The number of hydrogen-bond acceptors (Lipinski definition) is 1. The Morgan fingerprint density at radius 3 is 2.67 bits per heavy atom. The molecule has 1 amide bonds. The van der Waals surface area contributed by atoms with Gasteiger partial charge in [-0.25, -0.2) is 8.78 Å². The molecular formula is C10H10F2NOTi-. The van der Waals surface area contributed by atoms with Gasteiger partial charge in [-0.15, -0.1) is 18.2 Å². The van der Waals surface area contributed by atoms with Crippen LogP contribution in [0.15, 0.2) is 12.1 Å². The van der Waals surface area contributed by atoms with E-state index in [-0.39, 0.29) is 33.3 Å². The fraction of sp³-hybridized carbons (Fsp3) is 0.300. The number of halogens is 2. The molecule has 15 heavy (non-hydrogen) atoms. The molecule has 0 aliphatic heterocycles. The molecule has 0 spiro atoms. The van der Waals surface area contributed by atoms with E-state index < -0.39 is 11.6 Å². The van der Waals surface area contributed by atoms with Crippen LogP contribution < -0.4 is 5.32 Å².